The highest BCUT2D eigenvalue weighted by molar-refractivity contribution is 8.00. The summed E-state index contributed by atoms with van der Waals surface area (Å²) < 4.78 is 36.6. The Morgan fingerprint density at radius 2 is 1.57 bits per heavy atom. The molecular formula is C16H16F3NS. The molecule has 0 saturated heterocycles. The van der Waals surface area contributed by atoms with Gasteiger partial charge in [0.1, 0.15) is 0 Å². The van der Waals surface area contributed by atoms with Gasteiger partial charge in [-0.3, -0.25) is 0 Å². The molecule has 0 bridgehead atoms. The molecule has 0 radical (unpaired) electrons. The molecule has 0 aliphatic rings. The zero-order chi connectivity index (χ0) is 15.1. The van der Waals surface area contributed by atoms with Crippen LogP contribution in [0.1, 0.15) is 12.0 Å². The van der Waals surface area contributed by atoms with Crippen molar-refractivity contribution in [3.63, 3.8) is 0 Å². The first-order valence-corrected chi connectivity index (χ1v) is 7.48. The zero-order valence-electron chi connectivity index (χ0n) is 11.4. The molecule has 2 aromatic carbocycles. The van der Waals surface area contributed by atoms with E-state index in [1.807, 2.05) is 18.2 Å². The van der Waals surface area contributed by atoms with Crippen molar-refractivity contribution in [1.82, 2.24) is 0 Å². The third kappa shape index (κ3) is 6.12. The van der Waals surface area contributed by atoms with E-state index in [1.54, 1.807) is 12.1 Å². The SMILES string of the molecule is FC(F)(F)Sc1ccc(NCCCc2ccccc2)cc1. The van der Waals surface area contributed by atoms with Gasteiger partial charge in [0, 0.05) is 17.1 Å². The summed E-state index contributed by atoms with van der Waals surface area (Å²) >= 11 is -0.0927. The van der Waals surface area contributed by atoms with Gasteiger partial charge in [-0.15, -0.1) is 0 Å². The molecule has 0 spiro atoms. The van der Waals surface area contributed by atoms with Crippen LogP contribution in [-0.4, -0.2) is 12.1 Å². The first-order valence-electron chi connectivity index (χ1n) is 6.66. The quantitative estimate of drug-likeness (QED) is 0.570. The predicted molar refractivity (Wildman–Crippen MR) is 81.6 cm³/mol. The fraction of sp³-hybridized carbons (Fsp3) is 0.250. The van der Waals surface area contributed by atoms with Crippen molar-refractivity contribution < 1.29 is 13.2 Å². The molecule has 0 unspecified atom stereocenters. The van der Waals surface area contributed by atoms with E-state index in [1.165, 1.54) is 17.7 Å². The highest BCUT2D eigenvalue weighted by Crippen LogP contribution is 2.36. The normalized spacial score (nSPS) is 11.4. The fourth-order valence-corrected chi connectivity index (χ4v) is 2.48. The third-order valence-electron chi connectivity index (χ3n) is 2.90. The van der Waals surface area contributed by atoms with Crippen LogP contribution in [0.25, 0.3) is 0 Å². The number of hydrogen-bond donors (Lipinski definition) is 1. The van der Waals surface area contributed by atoms with Crippen LogP contribution >= 0.6 is 11.8 Å². The highest BCUT2D eigenvalue weighted by Gasteiger charge is 2.28. The topological polar surface area (TPSA) is 12.0 Å². The van der Waals surface area contributed by atoms with Crippen LogP contribution in [0.3, 0.4) is 0 Å². The summed E-state index contributed by atoms with van der Waals surface area (Å²) in [4.78, 5) is 0.206. The molecule has 0 atom stereocenters. The minimum Gasteiger partial charge on any atom is -0.385 e. The predicted octanol–water partition coefficient (Wildman–Crippen LogP) is 5.34. The van der Waals surface area contributed by atoms with Crippen LogP contribution in [0.4, 0.5) is 18.9 Å². The Labute approximate surface area is 126 Å². The Morgan fingerprint density at radius 1 is 0.905 bits per heavy atom. The van der Waals surface area contributed by atoms with Gasteiger partial charge in [0.05, 0.1) is 0 Å². The van der Waals surface area contributed by atoms with Crippen LogP contribution < -0.4 is 5.32 Å². The van der Waals surface area contributed by atoms with Crippen molar-refractivity contribution in [3.05, 3.63) is 60.2 Å². The van der Waals surface area contributed by atoms with Crippen molar-refractivity contribution in [2.45, 2.75) is 23.2 Å². The molecular weight excluding hydrogens is 295 g/mol. The number of benzene rings is 2. The Hall–Kier alpha value is -1.62. The number of hydrogen-bond acceptors (Lipinski definition) is 2. The van der Waals surface area contributed by atoms with Gasteiger partial charge in [-0.2, -0.15) is 13.2 Å². The van der Waals surface area contributed by atoms with Gasteiger partial charge < -0.3 is 5.32 Å². The maximum atomic E-state index is 12.2. The van der Waals surface area contributed by atoms with Crippen LogP contribution in [0.2, 0.25) is 0 Å². The lowest BCUT2D eigenvalue weighted by molar-refractivity contribution is -0.0328. The smallest absolute Gasteiger partial charge is 0.385 e. The summed E-state index contributed by atoms with van der Waals surface area (Å²) in [5.41, 5.74) is -2.10. The van der Waals surface area contributed by atoms with Crippen molar-refractivity contribution in [2.24, 2.45) is 0 Å². The second-order valence-corrected chi connectivity index (χ2v) is 5.73. The molecule has 21 heavy (non-hydrogen) atoms. The zero-order valence-corrected chi connectivity index (χ0v) is 12.2. The van der Waals surface area contributed by atoms with Gasteiger partial charge in [-0.1, -0.05) is 30.3 Å². The summed E-state index contributed by atoms with van der Waals surface area (Å²) in [5.74, 6) is 0. The van der Waals surface area contributed by atoms with Crippen LogP contribution in [0, 0.1) is 0 Å². The lowest BCUT2D eigenvalue weighted by atomic mass is 10.1. The Morgan fingerprint density at radius 3 is 2.19 bits per heavy atom. The molecule has 0 heterocycles. The van der Waals surface area contributed by atoms with Gasteiger partial charge >= 0.3 is 5.51 Å². The van der Waals surface area contributed by atoms with Crippen molar-refractivity contribution in [2.75, 3.05) is 11.9 Å². The Kier molecular flexibility index (Phi) is 5.56. The summed E-state index contributed by atoms with van der Waals surface area (Å²) in [5, 5.41) is 3.21. The van der Waals surface area contributed by atoms with E-state index in [0.717, 1.165) is 25.1 Å². The molecule has 0 aliphatic heterocycles. The second kappa shape index (κ2) is 7.41. The molecule has 0 aromatic heterocycles. The number of aryl methyl sites for hydroxylation is 1. The van der Waals surface area contributed by atoms with Crippen molar-refractivity contribution in [1.29, 1.82) is 0 Å². The molecule has 0 fully saturated rings. The first-order chi connectivity index (χ1) is 10.0. The Balaban J connectivity index is 1.74. The average molecular weight is 311 g/mol. The van der Waals surface area contributed by atoms with Crippen LogP contribution in [-0.2, 0) is 6.42 Å². The number of nitrogens with one attached hydrogen (secondary N) is 1. The lowest BCUT2D eigenvalue weighted by Gasteiger charge is -2.08. The molecule has 0 aliphatic carbocycles. The van der Waals surface area contributed by atoms with Crippen LogP contribution in [0.15, 0.2) is 59.5 Å². The van der Waals surface area contributed by atoms with Gasteiger partial charge in [0.15, 0.2) is 0 Å². The number of thioether (sulfide) groups is 1. The van der Waals surface area contributed by atoms with Crippen molar-refractivity contribution >= 4 is 17.4 Å². The number of rotatable bonds is 6. The molecule has 1 N–H and O–H groups in total. The summed E-state index contributed by atoms with van der Waals surface area (Å²) in [7, 11) is 0. The standard InChI is InChI=1S/C16H16F3NS/c17-16(18,19)21-15-10-8-14(9-11-15)20-12-4-7-13-5-2-1-3-6-13/h1-3,5-6,8-11,20H,4,7,12H2. The summed E-state index contributed by atoms with van der Waals surface area (Å²) in [6.07, 6.45) is 1.96. The monoisotopic (exact) mass is 311 g/mol. The van der Waals surface area contributed by atoms with Gasteiger partial charge in [-0.25, -0.2) is 0 Å². The molecule has 0 saturated carbocycles. The maximum Gasteiger partial charge on any atom is 0.446 e. The van der Waals surface area contributed by atoms with Crippen molar-refractivity contribution in [3.8, 4) is 0 Å². The average Bonchev–Trinajstić information content (AvgIpc) is 2.45. The lowest BCUT2D eigenvalue weighted by Crippen LogP contribution is -2.03. The second-order valence-electron chi connectivity index (χ2n) is 4.59. The number of anilines is 1. The van der Waals surface area contributed by atoms with Gasteiger partial charge in [0.25, 0.3) is 0 Å². The molecule has 1 nitrogen and oxygen atoms in total. The number of halogens is 3. The van der Waals surface area contributed by atoms with E-state index in [2.05, 4.69) is 17.4 Å². The molecule has 2 rings (SSSR count). The minimum atomic E-state index is -4.23. The highest BCUT2D eigenvalue weighted by atomic mass is 32.2. The summed E-state index contributed by atoms with van der Waals surface area (Å²) in [6, 6.07) is 16.5. The van der Waals surface area contributed by atoms with E-state index in [-0.39, 0.29) is 16.7 Å². The van der Waals surface area contributed by atoms with E-state index >= 15 is 0 Å². The minimum absolute atomic E-state index is 0.0927. The van der Waals surface area contributed by atoms with Crippen LogP contribution in [0.5, 0.6) is 0 Å². The van der Waals surface area contributed by atoms with E-state index in [0.29, 0.717) is 0 Å². The van der Waals surface area contributed by atoms with E-state index in [4.69, 9.17) is 0 Å². The molecule has 5 heteroatoms. The van der Waals surface area contributed by atoms with Gasteiger partial charge in [-0.05, 0) is 54.4 Å². The third-order valence-corrected chi connectivity index (χ3v) is 3.64. The summed E-state index contributed by atoms with van der Waals surface area (Å²) in [6.45, 7) is 0.792. The molecule has 112 valence electrons. The Bertz CT molecular complexity index is 538. The largest absolute Gasteiger partial charge is 0.446 e. The number of alkyl halides is 3. The fourth-order valence-electron chi connectivity index (χ4n) is 1.94. The van der Waals surface area contributed by atoms with Gasteiger partial charge in [0.2, 0.25) is 0 Å². The molecule has 2 aromatic rings. The van der Waals surface area contributed by atoms with E-state index < -0.39 is 5.51 Å². The maximum absolute atomic E-state index is 12.2. The van der Waals surface area contributed by atoms with E-state index in [9.17, 15) is 13.2 Å². The first kappa shape index (κ1) is 15.8. The molecule has 0 amide bonds.